The molecule has 0 radical (unpaired) electrons. The van der Waals surface area contributed by atoms with Gasteiger partial charge in [0.05, 0.1) is 0 Å². The molecule has 2 atom stereocenters. The minimum Gasteiger partial charge on any atom is -0.478 e. The van der Waals surface area contributed by atoms with Gasteiger partial charge < -0.3 is 9.84 Å². The summed E-state index contributed by atoms with van der Waals surface area (Å²) in [6.45, 7) is 7.95. The normalized spacial score (nSPS) is 33.0. The highest BCUT2D eigenvalue weighted by Crippen LogP contribution is 2.33. The molecular formula is C20H26O4. The highest BCUT2D eigenvalue weighted by atomic mass is 16.5. The first-order valence-corrected chi connectivity index (χ1v) is 8.53. The molecule has 1 aliphatic carbocycles. The molecule has 0 spiro atoms. The number of rotatable bonds is 1. The van der Waals surface area contributed by atoms with E-state index in [0.717, 1.165) is 31.3 Å². The quantitative estimate of drug-likeness (QED) is 0.441. The molecule has 4 nitrogen and oxygen atoms in total. The summed E-state index contributed by atoms with van der Waals surface area (Å²) in [6.07, 6.45) is 10.1. The van der Waals surface area contributed by atoms with Crippen LogP contribution in [0.5, 0.6) is 0 Å². The number of esters is 1. The topological polar surface area (TPSA) is 63.6 Å². The average molecular weight is 330 g/mol. The summed E-state index contributed by atoms with van der Waals surface area (Å²) in [5.41, 5.74) is 3.36. The molecule has 1 aliphatic heterocycles. The molecule has 2 rings (SSSR count). The molecule has 0 aromatic heterocycles. The van der Waals surface area contributed by atoms with Crippen LogP contribution < -0.4 is 0 Å². The highest BCUT2D eigenvalue weighted by molar-refractivity contribution is 5.91. The number of carboxylic acid groups (broad SMARTS) is 1. The first-order valence-electron chi connectivity index (χ1n) is 8.53. The fraction of sp³-hybridized carbons (Fsp3) is 0.500. The van der Waals surface area contributed by atoms with Crippen LogP contribution in [0.2, 0.25) is 0 Å². The van der Waals surface area contributed by atoms with Crippen molar-refractivity contribution in [3.8, 4) is 0 Å². The van der Waals surface area contributed by atoms with Gasteiger partial charge in [-0.15, -0.1) is 0 Å². The zero-order chi connectivity index (χ0) is 17.7. The van der Waals surface area contributed by atoms with Crippen LogP contribution in [0, 0.1) is 5.92 Å². The van der Waals surface area contributed by atoms with Gasteiger partial charge in [0.2, 0.25) is 0 Å². The Balaban J connectivity index is 2.23. The summed E-state index contributed by atoms with van der Waals surface area (Å²) in [6, 6.07) is 0. The monoisotopic (exact) mass is 330 g/mol. The van der Waals surface area contributed by atoms with Crippen LogP contribution in [0.4, 0.5) is 0 Å². The minimum absolute atomic E-state index is 0.0314. The summed E-state index contributed by atoms with van der Waals surface area (Å²) in [5.74, 6) is -1.10. The first-order chi connectivity index (χ1) is 11.4. The maximum absolute atomic E-state index is 11.8. The van der Waals surface area contributed by atoms with Crippen LogP contribution in [0.25, 0.3) is 0 Å². The molecule has 1 saturated heterocycles. The van der Waals surface area contributed by atoms with Gasteiger partial charge in [0, 0.05) is 17.1 Å². The van der Waals surface area contributed by atoms with Crippen LogP contribution in [0.15, 0.2) is 47.1 Å². The molecular weight excluding hydrogens is 304 g/mol. The fourth-order valence-corrected chi connectivity index (χ4v) is 3.21. The van der Waals surface area contributed by atoms with E-state index in [1.165, 1.54) is 5.57 Å². The predicted molar refractivity (Wildman–Crippen MR) is 93.4 cm³/mol. The van der Waals surface area contributed by atoms with E-state index in [2.05, 4.69) is 12.7 Å². The molecule has 1 heterocycles. The van der Waals surface area contributed by atoms with Crippen molar-refractivity contribution < 1.29 is 19.4 Å². The number of carbonyl (C=O) groups excluding carboxylic acids is 1. The molecule has 0 aromatic carbocycles. The molecule has 0 unspecified atom stereocenters. The standard InChI is InChI=1S/C20H26O4/c1-13-6-4-8-16(19(21)22)9-5-7-14(2)12-18-17(11-10-13)15(3)20(23)24-18/h6,9,12,17-18H,3-5,7-8,10-11H2,1-2H3,(H,21,22)/b13-6-,14-12+,16-9+/t17-,18-/m0/s1. The maximum atomic E-state index is 11.8. The van der Waals surface area contributed by atoms with Crippen LogP contribution >= 0.6 is 0 Å². The predicted octanol–water partition coefficient (Wildman–Crippen LogP) is 4.34. The second-order valence-electron chi connectivity index (χ2n) is 6.72. The van der Waals surface area contributed by atoms with Gasteiger partial charge in [-0.2, -0.15) is 0 Å². The third-order valence-corrected chi connectivity index (χ3v) is 4.76. The molecule has 0 aromatic rings. The van der Waals surface area contributed by atoms with Crippen LogP contribution in [-0.4, -0.2) is 23.1 Å². The third kappa shape index (κ3) is 4.70. The summed E-state index contributed by atoms with van der Waals surface area (Å²) in [4.78, 5) is 23.2. The molecule has 0 saturated carbocycles. The summed E-state index contributed by atoms with van der Waals surface area (Å²) in [7, 11) is 0. The number of fused-ring (bicyclic) bond motifs is 1. The minimum atomic E-state index is -0.837. The van der Waals surface area contributed by atoms with E-state index in [1.54, 1.807) is 0 Å². The van der Waals surface area contributed by atoms with Gasteiger partial charge in [0.15, 0.2) is 0 Å². The second kappa shape index (κ2) is 8.13. The Morgan fingerprint density at radius 1 is 1.17 bits per heavy atom. The Kier molecular flexibility index (Phi) is 6.18. The number of allylic oxidation sites excluding steroid dienone is 4. The molecule has 4 heteroatoms. The van der Waals surface area contributed by atoms with Crippen molar-refractivity contribution in [1.82, 2.24) is 0 Å². The van der Waals surface area contributed by atoms with Crippen LogP contribution in [0.1, 0.15) is 52.4 Å². The van der Waals surface area contributed by atoms with E-state index in [0.29, 0.717) is 24.0 Å². The summed E-state index contributed by atoms with van der Waals surface area (Å²) >= 11 is 0. The SMILES string of the molecule is C=C1C(=O)O[C@H]2/C=C(\C)CC/C=C(/C(=O)O)CC/C=C(/C)CC[C@@H]12. The summed E-state index contributed by atoms with van der Waals surface area (Å²) < 4.78 is 5.46. The smallest absolute Gasteiger partial charge is 0.334 e. The van der Waals surface area contributed by atoms with Gasteiger partial charge in [0.25, 0.3) is 0 Å². The second-order valence-corrected chi connectivity index (χ2v) is 6.72. The Bertz CT molecular complexity index is 622. The molecule has 2 aliphatic rings. The molecule has 0 amide bonds. The highest BCUT2D eigenvalue weighted by Gasteiger charge is 2.36. The average Bonchev–Trinajstić information content (AvgIpc) is 2.77. The third-order valence-electron chi connectivity index (χ3n) is 4.76. The lowest BCUT2D eigenvalue weighted by Gasteiger charge is -2.16. The van der Waals surface area contributed by atoms with E-state index in [1.807, 2.05) is 26.0 Å². The fourth-order valence-electron chi connectivity index (χ4n) is 3.21. The van der Waals surface area contributed by atoms with Gasteiger partial charge in [-0.1, -0.05) is 29.9 Å². The van der Waals surface area contributed by atoms with Crippen molar-refractivity contribution in [2.45, 2.75) is 58.5 Å². The lowest BCUT2D eigenvalue weighted by Crippen LogP contribution is -2.15. The van der Waals surface area contributed by atoms with Crippen LogP contribution in [-0.2, 0) is 14.3 Å². The number of carboxylic acids is 1. The van der Waals surface area contributed by atoms with Crippen molar-refractivity contribution in [2.24, 2.45) is 5.92 Å². The Labute approximate surface area is 143 Å². The zero-order valence-electron chi connectivity index (χ0n) is 14.5. The van der Waals surface area contributed by atoms with E-state index in [-0.39, 0.29) is 18.0 Å². The van der Waals surface area contributed by atoms with Crippen LogP contribution in [0.3, 0.4) is 0 Å². The number of hydrogen-bond acceptors (Lipinski definition) is 3. The van der Waals surface area contributed by atoms with Gasteiger partial charge in [-0.3, -0.25) is 0 Å². The zero-order valence-corrected chi connectivity index (χ0v) is 14.5. The summed E-state index contributed by atoms with van der Waals surface area (Å²) in [5, 5.41) is 9.29. The number of hydrogen-bond donors (Lipinski definition) is 1. The first kappa shape index (κ1) is 18.2. The number of carbonyl (C=O) groups is 2. The Morgan fingerprint density at radius 3 is 2.58 bits per heavy atom. The van der Waals surface area contributed by atoms with Gasteiger partial charge in [0.1, 0.15) is 6.10 Å². The molecule has 24 heavy (non-hydrogen) atoms. The van der Waals surface area contributed by atoms with Crippen molar-refractivity contribution >= 4 is 11.9 Å². The van der Waals surface area contributed by atoms with Crippen molar-refractivity contribution in [3.63, 3.8) is 0 Å². The molecule has 1 fully saturated rings. The van der Waals surface area contributed by atoms with Crippen molar-refractivity contribution in [3.05, 3.63) is 47.1 Å². The number of ether oxygens (including phenoxy) is 1. The molecule has 130 valence electrons. The maximum Gasteiger partial charge on any atom is 0.334 e. The lowest BCUT2D eigenvalue weighted by atomic mass is 9.89. The van der Waals surface area contributed by atoms with Gasteiger partial charge in [-0.25, -0.2) is 9.59 Å². The lowest BCUT2D eigenvalue weighted by molar-refractivity contribution is -0.137. The van der Waals surface area contributed by atoms with Crippen molar-refractivity contribution in [2.75, 3.05) is 0 Å². The van der Waals surface area contributed by atoms with E-state index in [4.69, 9.17) is 4.74 Å². The Morgan fingerprint density at radius 2 is 1.88 bits per heavy atom. The molecule has 0 bridgehead atoms. The largest absolute Gasteiger partial charge is 0.478 e. The van der Waals surface area contributed by atoms with E-state index < -0.39 is 5.97 Å². The van der Waals surface area contributed by atoms with E-state index >= 15 is 0 Å². The van der Waals surface area contributed by atoms with Gasteiger partial charge >= 0.3 is 11.9 Å². The number of aliphatic carboxylic acids is 1. The van der Waals surface area contributed by atoms with Gasteiger partial charge in [-0.05, 0) is 58.4 Å². The Hall–Kier alpha value is -2.10. The van der Waals surface area contributed by atoms with Crippen molar-refractivity contribution in [1.29, 1.82) is 0 Å². The molecule has 1 N–H and O–H groups in total. The van der Waals surface area contributed by atoms with E-state index in [9.17, 15) is 14.7 Å².